The third-order valence-corrected chi connectivity index (χ3v) is 5.59. The van der Waals surface area contributed by atoms with Crippen LogP contribution >= 0.6 is 24.0 Å². The van der Waals surface area contributed by atoms with Gasteiger partial charge < -0.3 is 15.1 Å². The van der Waals surface area contributed by atoms with Crippen molar-refractivity contribution >= 4 is 35.6 Å². The van der Waals surface area contributed by atoms with E-state index >= 15 is 0 Å². The van der Waals surface area contributed by atoms with Crippen LogP contribution < -0.4 is 10.2 Å². The number of rotatable bonds is 7. The number of halogens is 1. The van der Waals surface area contributed by atoms with Crippen molar-refractivity contribution in [3.8, 4) is 0 Å². The molecule has 1 saturated heterocycles. The minimum absolute atomic E-state index is 0. The van der Waals surface area contributed by atoms with Gasteiger partial charge >= 0.3 is 0 Å². The predicted octanol–water partition coefficient (Wildman–Crippen LogP) is 3.56. The van der Waals surface area contributed by atoms with E-state index < -0.39 is 0 Å². The number of likely N-dealkylation sites (tertiary alicyclic amines) is 1. The van der Waals surface area contributed by atoms with Gasteiger partial charge in [-0.3, -0.25) is 4.90 Å². The molecule has 0 bridgehead atoms. The number of hydrogen-bond acceptors (Lipinski definition) is 3. The molecule has 1 fully saturated rings. The first-order chi connectivity index (χ1) is 13.2. The first kappa shape index (κ1) is 23.0. The average Bonchev–Trinajstić information content (AvgIpc) is 3.37. The van der Waals surface area contributed by atoms with Crippen molar-refractivity contribution in [2.75, 3.05) is 51.2 Å². The van der Waals surface area contributed by atoms with E-state index in [2.05, 4.69) is 77.3 Å². The third-order valence-electron chi connectivity index (χ3n) is 5.59. The Morgan fingerprint density at radius 3 is 2.75 bits per heavy atom. The predicted molar refractivity (Wildman–Crippen MR) is 131 cm³/mol. The van der Waals surface area contributed by atoms with E-state index in [4.69, 9.17) is 4.99 Å². The molecule has 1 unspecified atom stereocenters. The maximum Gasteiger partial charge on any atom is 0.194 e. The van der Waals surface area contributed by atoms with Gasteiger partial charge in [-0.05, 0) is 50.6 Å². The van der Waals surface area contributed by atoms with Crippen LogP contribution in [0.3, 0.4) is 0 Å². The van der Waals surface area contributed by atoms with E-state index in [0.717, 1.165) is 38.7 Å². The molecule has 5 nitrogen and oxygen atoms in total. The van der Waals surface area contributed by atoms with Crippen LogP contribution in [-0.4, -0.2) is 68.1 Å². The van der Waals surface area contributed by atoms with E-state index in [0.29, 0.717) is 12.6 Å². The van der Waals surface area contributed by atoms with Gasteiger partial charge in [0, 0.05) is 45.0 Å². The third kappa shape index (κ3) is 6.11. The number of benzene rings is 1. The first-order valence-corrected chi connectivity index (χ1v) is 10.4. The smallest absolute Gasteiger partial charge is 0.194 e. The lowest BCUT2D eigenvalue weighted by molar-refractivity contribution is 0.232. The van der Waals surface area contributed by atoms with Crippen molar-refractivity contribution < 1.29 is 0 Å². The van der Waals surface area contributed by atoms with Crippen LogP contribution in [-0.2, 0) is 6.54 Å². The Hall–Kier alpha value is -1.28. The number of guanidine groups is 1. The van der Waals surface area contributed by atoms with E-state index in [9.17, 15) is 0 Å². The van der Waals surface area contributed by atoms with Gasteiger partial charge in [0.05, 0.1) is 6.54 Å². The van der Waals surface area contributed by atoms with Crippen LogP contribution in [0.2, 0.25) is 0 Å². The summed E-state index contributed by atoms with van der Waals surface area (Å²) in [7, 11) is 2.17. The monoisotopic (exact) mass is 497 g/mol. The van der Waals surface area contributed by atoms with E-state index in [1.54, 1.807) is 0 Å². The van der Waals surface area contributed by atoms with Gasteiger partial charge in [0.1, 0.15) is 0 Å². The molecule has 156 valence electrons. The van der Waals surface area contributed by atoms with Crippen LogP contribution in [0.1, 0.15) is 32.3 Å². The van der Waals surface area contributed by atoms with Crippen molar-refractivity contribution in [2.45, 2.75) is 39.3 Å². The number of likely N-dealkylation sites (N-methyl/N-ethyl adjacent to an activating group) is 2. The van der Waals surface area contributed by atoms with Crippen LogP contribution in [0.15, 0.2) is 41.4 Å². The molecule has 0 radical (unpaired) electrons. The van der Waals surface area contributed by atoms with Gasteiger partial charge in [0.2, 0.25) is 0 Å². The molecule has 2 heterocycles. The molecule has 2 aliphatic heterocycles. The number of nitrogens with zero attached hydrogens (tertiary/aromatic N) is 4. The summed E-state index contributed by atoms with van der Waals surface area (Å²) in [6.07, 6.45) is 7.07. The summed E-state index contributed by atoms with van der Waals surface area (Å²) in [4.78, 5) is 12.2. The molecule has 3 rings (SSSR count). The van der Waals surface area contributed by atoms with Gasteiger partial charge in [-0.2, -0.15) is 0 Å². The van der Waals surface area contributed by atoms with E-state index in [-0.39, 0.29) is 24.0 Å². The summed E-state index contributed by atoms with van der Waals surface area (Å²) in [5, 5.41) is 3.47. The fraction of sp³-hybridized carbons (Fsp3) is 0.591. The second-order valence-electron chi connectivity index (χ2n) is 7.52. The van der Waals surface area contributed by atoms with E-state index in [1.165, 1.54) is 30.6 Å². The largest absolute Gasteiger partial charge is 0.364 e. The maximum absolute atomic E-state index is 4.92. The zero-order valence-electron chi connectivity index (χ0n) is 17.6. The second-order valence-corrected chi connectivity index (χ2v) is 7.52. The Balaban J connectivity index is 0.00000280. The van der Waals surface area contributed by atoms with Crippen molar-refractivity contribution in [2.24, 2.45) is 4.99 Å². The maximum atomic E-state index is 4.92. The normalized spacial score (nSPS) is 19.8. The molecule has 0 aromatic heterocycles. The summed E-state index contributed by atoms with van der Waals surface area (Å²) < 4.78 is 0. The molecule has 0 saturated carbocycles. The Morgan fingerprint density at radius 2 is 2.04 bits per heavy atom. The van der Waals surface area contributed by atoms with Crippen molar-refractivity contribution in [3.05, 3.63) is 42.0 Å². The molecule has 28 heavy (non-hydrogen) atoms. The van der Waals surface area contributed by atoms with Crippen molar-refractivity contribution in [3.63, 3.8) is 0 Å². The number of nitrogens with one attached hydrogen (secondary N) is 1. The lowest BCUT2D eigenvalue weighted by Crippen LogP contribution is -2.45. The van der Waals surface area contributed by atoms with Gasteiger partial charge in [0.25, 0.3) is 0 Å². The van der Waals surface area contributed by atoms with Crippen LogP contribution in [0, 0.1) is 0 Å². The Kier molecular flexibility index (Phi) is 9.58. The quantitative estimate of drug-likeness (QED) is 0.271. The average molecular weight is 497 g/mol. The second kappa shape index (κ2) is 11.7. The molecule has 6 heteroatoms. The fourth-order valence-corrected chi connectivity index (χ4v) is 4.10. The van der Waals surface area contributed by atoms with Gasteiger partial charge in [-0.15, -0.1) is 24.0 Å². The highest BCUT2D eigenvalue weighted by atomic mass is 127. The molecule has 1 aromatic carbocycles. The Bertz CT molecular complexity index is 652. The van der Waals surface area contributed by atoms with Crippen LogP contribution in [0.4, 0.5) is 5.69 Å². The number of aliphatic imine (C=N–C) groups is 1. The molecule has 0 aliphatic carbocycles. The molecule has 1 atom stereocenters. The number of anilines is 1. The topological polar surface area (TPSA) is 34.1 Å². The fourth-order valence-electron chi connectivity index (χ4n) is 4.10. The molecule has 2 aliphatic rings. The lowest BCUT2D eigenvalue weighted by atomic mass is 10.2. The number of hydrogen-bond donors (Lipinski definition) is 1. The van der Waals surface area contributed by atoms with Crippen LogP contribution in [0.25, 0.3) is 0 Å². The molecule has 0 amide bonds. The Morgan fingerprint density at radius 1 is 1.25 bits per heavy atom. The van der Waals surface area contributed by atoms with Crippen molar-refractivity contribution in [1.82, 2.24) is 15.1 Å². The van der Waals surface area contributed by atoms with Crippen molar-refractivity contribution in [1.29, 1.82) is 0 Å². The summed E-state index contributed by atoms with van der Waals surface area (Å²) in [5.74, 6) is 1.01. The summed E-state index contributed by atoms with van der Waals surface area (Å²) >= 11 is 0. The Labute approximate surface area is 187 Å². The van der Waals surface area contributed by atoms with Gasteiger partial charge in [-0.25, -0.2) is 4.99 Å². The van der Waals surface area contributed by atoms with E-state index in [1.807, 2.05) is 0 Å². The summed E-state index contributed by atoms with van der Waals surface area (Å²) in [6, 6.07) is 9.44. The SMILES string of the molecule is CCNC(=NCc1cccc(N2CC=CC2)c1)N(C)CC1CCCN1CC.I. The highest BCUT2D eigenvalue weighted by molar-refractivity contribution is 14.0. The molecule has 0 spiro atoms. The van der Waals surface area contributed by atoms with Crippen LogP contribution in [0.5, 0.6) is 0 Å². The minimum atomic E-state index is 0. The standard InChI is InChI=1S/C22H35N5.HI/c1-4-23-22(25(3)18-21-12-9-15-26(21)5-2)24-17-19-10-8-11-20(16-19)27-13-6-7-14-27;/h6-8,10-11,16,21H,4-5,9,12-15,17-18H2,1-3H3,(H,23,24);1H. The summed E-state index contributed by atoms with van der Waals surface area (Å²) in [6.45, 7) is 11.4. The molecule has 1 N–H and O–H groups in total. The molecule has 1 aromatic rings. The van der Waals surface area contributed by atoms with Gasteiger partial charge in [-0.1, -0.05) is 31.2 Å². The lowest BCUT2D eigenvalue weighted by Gasteiger charge is -2.29. The summed E-state index contributed by atoms with van der Waals surface area (Å²) in [5.41, 5.74) is 2.55. The minimum Gasteiger partial charge on any atom is -0.364 e. The zero-order chi connectivity index (χ0) is 19.1. The zero-order valence-corrected chi connectivity index (χ0v) is 19.9. The molecular weight excluding hydrogens is 461 g/mol. The molecular formula is C22H36IN5. The highest BCUT2D eigenvalue weighted by Crippen LogP contribution is 2.19. The highest BCUT2D eigenvalue weighted by Gasteiger charge is 2.24. The first-order valence-electron chi connectivity index (χ1n) is 10.4. The van der Waals surface area contributed by atoms with Gasteiger partial charge in [0.15, 0.2) is 5.96 Å².